The molecule has 0 atom stereocenters. The van der Waals surface area contributed by atoms with E-state index in [9.17, 15) is 13.2 Å². The highest BCUT2D eigenvalue weighted by Crippen LogP contribution is 2.25. The molecule has 0 radical (unpaired) electrons. The third kappa shape index (κ3) is 5.42. The summed E-state index contributed by atoms with van der Waals surface area (Å²) in [6, 6.07) is 11.0. The summed E-state index contributed by atoms with van der Waals surface area (Å²) in [6.07, 6.45) is 0. The van der Waals surface area contributed by atoms with Crippen LogP contribution in [0.1, 0.15) is 10.4 Å². The minimum absolute atomic E-state index is 0.210. The van der Waals surface area contributed by atoms with E-state index < -0.39 is 10.0 Å². The van der Waals surface area contributed by atoms with E-state index in [4.69, 9.17) is 25.8 Å². The Bertz CT molecular complexity index is 975. The molecule has 3 rings (SSSR count). The van der Waals surface area contributed by atoms with Crippen LogP contribution >= 0.6 is 11.6 Å². The standard InChI is InChI=1S/C20H23ClN2O6S/c1-27-19-7-2-15(14-18(19)21)20(24)22-8-11-29-16-3-5-17(6-4-16)30(25,26)23-9-12-28-13-10-23/h2-7,14H,8-13H2,1H3,(H,22,24). The smallest absolute Gasteiger partial charge is 0.251 e. The third-order valence-electron chi connectivity index (χ3n) is 4.50. The van der Waals surface area contributed by atoms with Gasteiger partial charge < -0.3 is 19.5 Å². The number of methoxy groups -OCH3 is 1. The number of nitrogens with zero attached hydrogens (tertiary/aromatic N) is 1. The first kappa shape index (κ1) is 22.4. The van der Waals surface area contributed by atoms with Gasteiger partial charge in [-0.05, 0) is 42.5 Å². The lowest BCUT2D eigenvalue weighted by Gasteiger charge is -2.26. The molecule has 10 heteroatoms. The first-order chi connectivity index (χ1) is 14.4. The van der Waals surface area contributed by atoms with E-state index >= 15 is 0 Å². The van der Waals surface area contributed by atoms with Gasteiger partial charge in [-0.2, -0.15) is 4.31 Å². The SMILES string of the molecule is COc1ccc(C(=O)NCCOc2ccc(S(=O)(=O)N3CCOCC3)cc2)cc1Cl. The second kappa shape index (κ2) is 10.1. The Balaban J connectivity index is 1.48. The molecule has 0 saturated carbocycles. The van der Waals surface area contributed by atoms with Gasteiger partial charge in [-0.15, -0.1) is 0 Å². The average molecular weight is 455 g/mol. The number of benzene rings is 2. The molecule has 0 aromatic heterocycles. The quantitative estimate of drug-likeness (QED) is 0.614. The lowest BCUT2D eigenvalue weighted by molar-refractivity contribution is 0.0730. The molecule has 1 N–H and O–H groups in total. The second-order valence-corrected chi connectivity index (χ2v) is 8.79. The highest BCUT2D eigenvalue weighted by Gasteiger charge is 2.26. The number of carbonyl (C=O) groups is 1. The van der Waals surface area contributed by atoms with Crippen LogP contribution in [0.15, 0.2) is 47.4 Å². The van der Waals surface area contributed by atoms with Gasteiger partial charge >= 0.3 is 0 Å². The predicted octanol–water partition coefficient (Wildman–Crippen LogP) is 2.18. The summed E-state index contributed by atoms with van der Waals surface area (Å²) < 4.78 is 42.4. The van der Waals surface area contributed by atoms with Gasteiger partial charge in [-0.1, -0.05) is 11.6 Å². The summed E-state index contributed by atoms with van der Waals surface area (Å²) in [5, 5.41) is 3.09. The molecule has 0 bridgehead atoms. The first-order valence-electron chi connectivity index (χ1n) is 9.34. The topological polar surface area (TPSA) is 94.2 Å². The van der Waals surface area contributed by atoms with Crippen molar-refractivity contribution in [2.75, 3.05) is 46.6 Å². The molecule has 1 aliphatic rings. The molecule has 1 amide bonds. The van der Waals surface area contributed by atoms with Gasteiger partial charge in [0.25, 0.3) is 5.91 Å². The molecule has 8 nitrogen and oxygen atoms in total. The third-order valence-corrected chi connectivity index (χ3v) is 6.71. The van der Waals surface area contributed by atoms with Crippen molar-refractivity contribution >= 4 is 27.5 Å². The Labute approximate surface area is 180 Å². The van der Waals surface area contributed by atoms with Crippen molar-refractivity contribution < 1.29 is 27.4 Å². The maximum absolute atomic E-state index is 12.6. The molecule has 2 aromatic rings. The van der Waals surface area contributed by atoms with Crippen LogP contribution in [0.4, 0.5) is 0 Å². The summed E-state index contributed by atoms with van der Waals surface area (Å²) in [5.41, 5.74) is 0.415. The Hall–Kier alpha value is -2.33. The Morgan fingerprint density at radius 1 is 1.17 bits per heavy atom. The number of amides is 1. The van der Waals surface area contributed by atoms with Gasteiger partial charge in [0.2, 0.25) is 10.0 Å². The molecule has 0 aliphatic carbocycles. The van der Waals surface area contributed by atoms with E-state index in [1.165, 1.54) is 29.6 Å². The zero-order valence-electron chi connectivity index (χ0n) is 16.5. The van der Waals surface area contributed by atoms with Gasteiger partial charge in [0, 0.05) is 18.7 Å². The fourth-order valence-corrected chi connectivity index (χ4v) is 4.55. The lowest BCUT2D eigenvalue weighted by Crippen LogP contribution is -2.40. The maximum atomic E-state index is 12.6. The van der Waals surface area contributed by atoms with Crippen LogP contribution in [0.2, 0.25) is 5.02 Å². The highest BCUT2D eigenvalue weighted by molar-refractivity contribution is 7.89. The number of halogens is 1. The van der Waals surface area contributed by atoms with E-state index in [-0.39, 0.29) is 24.0 Å². The molecule has 0 spiro atoms. The summed E-state index contributed by atoms with van der Waals surface area (Å²) in [6.45, 7) is 1.99. The van der Waals surface area contributed by atoms with Crippen molar-refractivity contribution in [2.45, 2.75) is 4.90 Å². The zero-order chi connectivity index (χ0) is 21.6. The lowest BCUT2D eigenvalue weighted by atomic mass is 10.2. The summed E-state index contributed by atoms with van der Waals surface area (Å²) in [4.78, 5) is 12.4. The molecule has 2 aromatic carbocycles. The first-order valence-corrected chi connectivity index (χ1v) is 11.2. The number of nitrogens with one attached hydrogen (secondary N) is 1. The van der Waals surface area contributed by atoms with Crippen LogP contribution in [0.25, 0.3) is 0 Å². The van der Waals surface area contributed by atoms with Crippen LogP contribution in [-0.2, 0) is 14.8 Å². The van der Waals surface area contributed by atoms with E-state index in [1.807, 2.05) is 0 Å². The largest absolute Gasteiger partial charge is 0.495 e. The number of ether oxygens (including phenoxy) is 3. The van der Waals surface area contributed by atoms with Crippen molar-refractivity contribution in [3.8, 4) is 11.5 Å². The fourth-order valence-electron chi connectivity index (χ4n) is 2.89. The zero-order valence-corrected chi connectivity index (χ0v) is 18.0. The summed E-state index contributed by atoms with van der Waals surface area (Å²) in [7, 11) is -2.03. The normalized spacial score (nSPS) is 14.9. The number of rotatable bonds is 8. The Morgan fingerprint density at radius 3 is 2.50 bits per heavy atom. The summed E-state index contributed by atoms with van der Waals surface area (Å²) >= 11 is 6.03. The van der Waals surface area contributed by atoms with Crippen molar-refractivity contribution in [2.24, 2.45) is 0 Å². The van der Waals surface area contributed by atoms with Crippen molar-refractivity contribution in [1.82, 2.24) is 9.62 Å². The maximum Gasteiger partial charge on any atom is 0.251 e. The number of morpholine rings is 1. The molecule has 1 fully saturated rings. The molecular formula is C20H23ClN2O6S. The number of hydrogen-bond donors (Lipinski definition) is 1. The molecule has 1 saturated heterocycles. The molecular weight excluding hydrogens is 432 g/mol. The van der Waals surface area contributed by atoms with Gasteiger partial charge in [-0.25, -0.2) is 8.42 Å². The predicted molar refractivity (Wildman–Crippen MR) is 112 cm³/mol. The number of carbonyl (C=O) groups excluding carboxylic acids is 1. The average Bonchev–Trinajstić information content (AvgIpc) is 2.77. The minimum Gasteiger partial charge on any atom is -0.495 e. The Morgan fingerprint density at radius 2 is 1.87 bits per heavy atom. The monoisotopic (exact) mass is 454 g/mol. The Kier molecular flexibility index (Phi) is 7.54. The van der Waals surface area contributed by atoms with Gasteiger partial charge in [0.05, 0.1) is 36.8 Å². The van der Waals surface area contributed by atoms with Crippen LogP contribution in [0.5, 0.6) is 11.5 Å². The van der Waals surface area contributed by atoms with Gasteiger partial charge in [-0.3, -0.25) is 4.79 Å². The van der Waals surface area contributed by atoms with Crippen LogP contribution in [0.3, 0.4) is 0 Å². The molecule has 30 heavy (non-hydrogen) atoms. The fraction of sp³-hybridized carbons (Fsp3) is 0.350. The van der Waals surface area contributed by atoms with E-state index in [0.29, 0.717) is 48.4 Å². The molecule has 162 valence electrons. The number of sulfonamides is 1. The molecule has 1 aliphatic heterocycles. The minimum atomic E-state index is -3.53. The van der Waals surface area contributed by atoms with Gasteiger partial charge in [0.1, 0.15) is 18.1 Å². The highest BCUT2D eigenvalue weighted by atomic mass is 35.5. The van der Waals surface area contributed by atoms with Crippen molar-refractivity contribution in [1.29, 1.82) is 0 Å². The molecule has 1 heterocycles. The van der Waals surface area contributed by atoms with Crippen molar-refractivity contribution in [3.63, 3.8) is 0 Å². The van der Waals surface area contributed by atoms with E-state index in [1.54, 1.807) is 24.3 Å². The molecule has 0 unspecified atom stereocenters. The number of hydrogen-bond acceptors (Lipinski definition) is 6. The second-order valence-electron chi connectivity index (χ2n) is 6.44. The van der Waals surface area contributed by atoms with Crippen LogP contribution < -0.4 is 14.8 Å². The van der Waals surface area contributed by atoms with Crippen LogP contribution in [0, 0.1) is 0 Å². The van der Waals surface area contributed by atoms with Crippen molar-refractivity contribution in [3.05, 3.63) is 53.1 Å². The van der Waals surface area contributed by atoms with E-state index in [2.05, 4.69) is 5.32 Å². The van der Waals surface area contributed by atoms with Gasteiger partial charge in [0.15, 0.2) is 0 Å². The summed E-state index contributed by atoms with van der Waals surface area (Å²) in [5.74, 6) is 0.725. The van der Waals surface area contributed by atoms with Crippen LogP contribution in [-0.4, -0.2) is 65.2 Å². The van der Waals surface area contributed by atoms with E-state index in [0.717, 1.165) is 0 Å².